The zero-order valence-corrected chi connectivity index (χ0v) is 9.49. The lowest BCUT2D eigenvalue weighted by atomic mass is 10.2. The van der Waals surface area contributed by atoms with E-state index in [1.807, 2.05) is 12.1 Å². The Morgan fingerprint density at radius 2 is 1.93 bits per heavy atom. The van der Waals surface area contributed by atoms with Crippen molar-refractivity contribution < 1.29 is 14.5 Å². The van der Waals surface area contributed by atoms with Crippen LogP contribution in [0, 0.1) is 0 Å². The minimum absolute atomic E-state index is 0.351. The fourth-order valence-electron chi connectivity index (χ4n) is 1.11. The van der Waals surface area contributed by atoms with Gasteiger partial charge in [-0.15, -0.1) is 0 Å². The molecule has 0 spiro atoms. The lowest BCUT2D eigenvalue weighted by Gasteiger charge is -2.06. The summed E-state index contributed by atoms with van der Waals surface area (Å²) in [6.07, 6.45) is -0.814. The maximum Gasteiger partial charge on any atom is 0.220 e. The highest BCUT2D eigenvalue weighted by molar-refractivity contribution is 9.09. The van der Waals surface area contributed by atoms with Crippen molar-refractivity contribution in [2.24, 2.45) is 0 Å². The summed E-state index contributed by atoms with van der Waals surface area (Å²) >= 11 is 8.99. The average Bonchev–Trinajstić information content (AvgIpc) is 2.67. The summed E-state index contributed by atoms with van der Waals surface area (Å²) in [6.45, 7) is 0. The van der Waals surface area contributed by atoms with Gasteiger partial charge in [0.2, 0.25) is 12.6 Å². The molecule has 1 aromatic rings. The normalized spacial score (nSPS) is 26.7. The molecule has 1 aliphatic heterocycles. The van der Waals surface area contributed by atoms with Crippen molar-refractivity contribution in [1.29, 1.82) is 0 Å². The lowest BCUT2D eigenvalue weighted by Crippen LogP contribution is -2.08. The molecule has 1 fully saturated rings. The number of benzene rings is 1. The number of halogens is 2. The summed E-state index contributed by atoms with van der Waals surface area (Å²) in [4.78, 5) is 9.88. The Morgan fingerprint density at radius 3 is 2.50 bits per heavy atom. The molecule has 1 heterocycles. The topological polar surface area (TPSA) is 27.7 Å². The summed E-state index contributed by atoms with van der Waals surface area (Å²) in [6, 6.07) is 7.25. The van der Waals surface area contributed by atoms with Gasteiger partial charge in [-0.3, -0.25) is 0 Å². The fourth-order valence-corrected chi connectivity index (χ4v) is 1.50. The molecule has 2 rings (SSSR count). The molecule has 0 radical (unpaired) electrons. The van der Waals surface area contributed by atoms with Crippen LogP contribution in [0.15, 0.2) is 24.3 Å². The van der Waals surface area contributed by atoms with Gasteiger partial charge in [-0.1, -0.05) is 39.7 Å². The van der Waals surface area contributed by atoms with Crippen LogP contribution >= 0.6 is 27.5 Å². The van der Waals surface area contributed by atoms with E-state index in [9.17, 15) is 0 Å². The minimum atomic E-state index is -0.463. The molecule has 1 saturated heterocycles. The van der Waals surface area contributed by atoms with E-state index in [-0.39, 0.29) is 6.29 Å². The third kappa shape index (κ3) is 2.27. The summed E-state index contributed by atoms with van der Waals surface area (Å²) < 4.78 is 5.40. The summed E-state index contributed by atoms with van der Waals surface area (Å²) in [5.74, 6) is 0. The second-order valence-electron chi connectivity index (χ2n) is 2.80. The molecular formula is C9H8BrClO3. The predicted octanol–water partition coefficient (Wildman–Crippen LogP) is 3.04. The van der Waals surface area contributed by atoms with Gasteiger partial charge in [-0.25, -0.2) is 4.89 Å². The van der Waals surface area contributed by atoms with Crippen molar-refractivity contribution in [3.63, 3.8) is 0 Å². The molecule has 2 unspecified atom stereocenters. The van der Waals surface area contributed by atoms with Gasteiger partial charge in [0.05, 0.1) is 5.33 Å². The smallest absolute Gasteiger partial charge is 0.220 e. The van der Waals surface area contributed by atoms with Crippen LogP contribution in [0.1, 0.15) is 11.9 Å². The van der Waals surface area contributed by atoms with E-state index in [1.54, 1.807) is 12.1 Å². The zero-order chi connectivity index (χ0) is 9.97. The van der Waals surface area contributed by atoms with Crippen molar-refractivity contribution in [2.45, 2.75) is 12.6 Å². The predicted molar refractivity (Wildman–Crippen MR) is 55.0 cm³/mol. The lowest BCUT2D eigenvalue weighted by molar-refractivity contribution is -0.294. The summed E-state index contributed by atoms with van der Waals surface area (Å²) in [5.41, 5.74) is 0.887. The monoisotopic (exact) mass is 278 g/mol. The maximum absolute atomic E-state index is 5.75. The molecule has 5 heteroatoms. The Kier molecular flexibility index (Phi) is 3.41. The van der Waals surface area contributed by atoms with E-state index in [2.05, 4.69) is 15.9 Å². The van der Waals surface area contributed by atoms with Crippen LogP contribution in [0.2, 0.25) is 5.02 Å². The van der Waals surface area contributed by atoms with E-state index < -0.39 is 6.29 Å². The summed E-state index contributed by atoms with van der Waals surface area (Å²) in [7, 11) is 0. The minimum Gasteiger partial charge on any atom is -0.312 e. The highest BCUT2D eigenvalue weighted by atomic mass is 79.9. The van der Waals surface area contributed by atoms with Crippen LogP contribution in [0.5, 0.6) is 0 Å². The first kappa shape index (κ1) is 10.4. The first-order valence-corrected chi connectivity index (χ1v) is 5.58. The van der Waals surface area contributed by atoms with Gasteiger partial charge in [0.1, 0.15) is 0 Å². The van der Waals surface area contributed by atoms with Gasteiger partial charge in [0.15, 0.2) is 0 Å². The van der Waals surface area contributed by atoms with Crippen molar-refractivity contribution in [2.75, 3.05) is 5.33 Å². The van der Waals surface area contributed by atoms with Crippen molar-refractivity contribution in [3.8, 4) is 0 Å². The molecule has 0 aromatic heterocycles. The van der Waals surface area contributed by atoms with E-state index in [0.29, 0.717) is 10.4 Å². The van der Waals surface area contributed by atoms with Crippen molar-refractivity contribution in [3.05, 3.63) is 34.9 Å². The number of alkyl halides is 1. The van der Waals surface area contributed by atoms with E-state index >= 15 is 0 Å². The standard InChI is InChI=1S/C9H8BrClO3/c10-5-8-12-9(14-13-8)6-1-3-7(11)4-2-6/h1-4,8-9H,5H2. The molecule has 1 aromatic carbocycles. The number of hydrogen-bond donors (Lipinski definition) is 0. The molecule has 2 atom stereocenters. The van der Waals surface area contributed by atoms with Crippen LogP contribution < -0.4 is 0 Å². The highest BCUT2D eigenvalue weighted by Gasteiger charge is 2.28. The van der Waals surface area contributed by atoms with Gasteiger partial charge in [0, 0.05) is 10.6 Å². The van der Waals surface area contributed by atoms with Crippen molar-refractivity contribution >= 4 is 27.5 Å². The van der Waals surface area contributed by atoms with Crippen LogP contribution in [-0.2, 0) is 14.5 Å². The van der Waals surface area contributed by atoms with Crippen LogP contribution in [-0.4, -0.2) is 11.6 Å². The van der Waals surface area contributed by atoms with E-state index in [1.165, 1.54) is 0 Å². The molecule has 76 valence electrons. The number of hydrogen-bond acceptors (Lipinski definition) is 3. The highest BCUT2D eigenvalue weighted by Crippen LogP contribution is 2.29. The molecule has 0 bridgehead atoms. The first-order chi connectivity index (χ1) is 6.79. The van der Waals surface area contributed by atoms with E-state index in [0.717, 1.165) is 5.56 Å². The van der Waals surface area contributed by atoms with Gasteiger partial charge >= 0.3 is 0 Å². The van der Waals surface area contributed by atoms with Crippen LogP contribution in [0.3, 0.4) is 0 Å². The Balaban J connectivity index is 2.06. The quantitative estimate of drug-likeness (QED) is 0.615. The van der Waals surface area contributed by atoms with Crippen LogP contribution in [0.25, 0.3) is 0 Å². The Labute approximate surface area is 95.0 Å². The van der Waals surface area contributed by atoms with Gasteiger partial charge < -0.3 is 4.74 Å². The molecule has 0 N–H and O–H groups in total. The molecule has 3 nitrogen and oxygen atoms in total. The summed E-state index contributed by atoms with van der Waals surface area (Å²) in [5, 5.41) is 1.27. The largest absolute Gasteiger partial charge is 0.312 e. The second kappa shape index (κ2) is 4.59. The zero-order valence-electron chi connectivity index (χ0n) is 7.15. The van der Waals surface area contributed by atoms with Crippen molar-refractivity contribution in [1.82, 2.24) is 0 Å². The first-order valence-electron chi connectivity index (χ1n) is 4.08. The molecule has 0 aliphatic carbocycles. The number of rotatable bonds is 2. The average molecular weight is 280 g/mol. The Bertz CT molecular complexity index is 303. The SMILES string of the molecule is Clc1ccc(C2OOC(CBr)O2)cc1. The van der Waals surface area contributed by atoms with Gasteiger partial charge in [-0.2, -0.15) is 4.89 Å². The third-order valence-electron chi connectivity index (χ3n) is 1.79. The Morgan fingerprint density at radius 1 is 1.21 bits per heavy atom. The molecular weight excluding hydrogens is 271 g/mol. The maximum atomic E-state index is 5.75. The van der Waals surface area contributed by atoms with Gasteiger partial charge in [-0.05, 0) is 12.1 Å². The van der Waals surface area contributed by atoms with Crippen LogP contribution in [0.4, 0.5) is 0 Å². The fraction of sp³-hybridized carbons (Fsp3) is 0.333. The van der Waals surface area contributed by atoms with E-state index in [4.69, 9.17) is 26.1 Å². The molecule has 14 heavy (non-hydrogen) atoms. The molecule has 1 aliphatic rings. The molecule has 0 amide bonds. The van der Waals surface area contributed by atoms with Gasteiger partial charge in [0.25, 0.3) is 0 Å². The second-order valence-corrected chi connectivity index (χ2v) is 3.88. The molecule has 0 saturated carbocycles. The third-order valence-corrected chi connectivity index (χ3v) is 2.57. The Hall–Kier alpha value is -0.130. The number of ether oxygens (including phenoxy) is 1.